The first-order valence-electron chi connectivity index (χ1n) is 9.26. The normalized spacial score (nSPS) is 21.8. The zero-order valence-corrected chi connectivity index (χ0v) is 16.3. The molecule has 1 saturated heterocycles. The number of hydrogen-bond donors (Lipinski definition) is 4. The highest BCUT2D eigenvalue weighted by Gasteiger charge is 2.38. The molecule has 5 N–H and O–H groups in total. The minimum atomic E-state index is -0.939. The fourth-order valence-electron chi connectivity index (χ4n) is 3.17. The lowest BCUT2D eigenvalue weighted by molar-refractivity contribution is 0.0316. The standard InChI is InChI=1S/C19H22N6O2S/c1-2-3-4-5-8-13-22-16(20)14-18(23-13)25(19-15(27)12(26)10-28-19)17(24-14)11-7-6-9-21-11/h6-7,9,12,15,19,21,26-27H,2-4,10H2,1H3,(H2,20,22,23)/t12-,15-,19-/m1/s1. The molecule has 3 aromatic rings. The van der Waals surface area contributed by atoms with Gasteiger partial charge >= 0.3 is 0 Å². The number of aromatic nitrogens is 5. The van der Waals surface area contributed by atoms with Crippen LogP contribution in [0, 0.1) is 11.8 Å². The second-order valence-electron chi connectivity index (χ2n) is 6.68. The molecule has 0 aliphatic carbocycles. The average Bonchev–Trinajstić information content (AvgIpc) is 3.39. The van der Waals surface area contributed by atoms with E-state index in [2.05, 4.69) is 38.7 Å². The molecule has 146 valence electrons. The number of aliphatic hydroxyl groups is 2. The number of aliphatic hydroxyl groups excluding tert-OH is 2. The molecule has 9 heteroatoms. The van der Waals surface area contributed by atoms with Gasteiger partial charge in [-0.3, -0.25) is 4.57 Å². The molecule has 0 unspecified atom stereocenters. The molecule has 1 aliphatic heterocycles. The summed E-state index contributed by atoms with van der Waals surface area (Å²) in [7, 11) is 0. The lowest BCUT2D eigenvalue weighted by Crippen LogP contribution is -2.28. The van der Waals surface area contributed by atoms with Gasteiger partial charge in [0.2, 0.25) is 5.82 Å². The number of thioether (sulfide) groups is 1. The van der Waals surface area contributed by atoms with Crippen LogP contribution < -0.4 is 5.73 Å². The van der Waals surface area contributed by atoms with Gasteiger partial charge in [0.1, 0.15) is 11.5 Å². The molecule has 0 aromatic carbocycles. The third-order valence-electron chi connectivity index (χ3n) is 4.64. The molecule has 0 amide bonds. The number of unbranched alkanes of at least 4 members (excludes halogenated alkanes) is 2. The van der Waals surface area contributed by atoms with Crippen molar-refractivity contribution in [1.29, 1.82) is 0 Å². The molecular formula is C19H22N6O2S. The SMILES string of the molecule is CCCCC#Cc1nc(N)c2nc(-c3ccc[nH]3)n([C@@H]3SC[C@@H](O)[C@H]3O)c2n1. The molecule has 0 radical (unpaired) electrons. The van der Waals surface area contributed by atoms with E-state index in [4.69, 9.17) is 5.73 Å². The second kappa shape index (κ2) is 7.83. The molecule has 1 aliphatic rings. The predicted molar refractivity (Wildman–Crippen MR) is 109 cm³/mol. The Morgan fingerprint density at radius 1 is 1.36 bits per heavy atom. The molecule has 4 rings (SSSR count). The number of fused-ring (bicyclic) bond motifs is 1. The number of nitrogen functional groups attached to an aromatic ring is 1. The third kappa shape index (κ3) is 3.35. The van der Waals surface area contributed by atoms with Crippen LogP contribution in [0.5, 0.6) is 0 Å². The van der Waals surface area contributed by atoms with Gasteiger partial charge in [-0.1, -0.05) is 19.3 Å². The first-order chi connectivity index (χ1) is 13.6. The summed E-state index contributed by atoms with van der Waals surface area (Å²) in [4.78, 5) is 16.6. The Kier molecular flexibility index (Phi) is 5.26. The van der Waals surface area contributed by atoms with E-state index in [1.807, 2.05) is 16.7 Å². The zero-order valence-electron chi connectivity index (χ0n) is 15.5. The number of nitrogens with zero attached hydrogens (tertiary/aromatic N) is 4. The van der Waals surface area contributed by atoms with Crippen LogP contribution in [0.3, 0.4) is 0 Å². The van der Waals surface area contributed by atoms with Crippen LogP contribution in [-0.4, -0.2) is 52.7 Å². The maximum atomic E-state index is 10.5. The number of imidazole rings is 1. The van der Waals surface area contributed by atoms with Crippen LogP contribution in [0.25, 0.3) is 22.7 Å². The Balaban J connectivity index is 1.88. The van der Waals surface area contributed by atoms with E-state index in [0.717, 1.165) is 25.0 Å². The summed E-state index contributed by atoms with van der Waals surface area (Å²) >= 11 is 1.45. The number of aromatic amines is 1. The van der Waals surface area contributed by atoms with Gasteiger partial charge in [-0.05, 0) is 24.5 Å². The second-order valence-corrected chi connectivity index (χ2v) is 7.83. The maximum absolute atomic E-state index is 10.5. The quantitative estimate of drug-likeness (QED) is 0.391. The summed E-state index contributed by atoms with van der Waals surface area (Å²) < 4.78 is 1.82. The van der Waals surface area contributed by atoms with E-state index in [9.17, 15) is 10.2 Å². The van der Waals surface area contributed by atoms with Crippen molar-refractivity contribution >= 4 is 28.7 Å². The van der Waals surface area contributed by atoms with E-state index in [1.54, 1.807) is 6.20 Å². The zero-order chi connectivity index (χ0) is 19.7. The molecule has 28 heavy (non-hydrogen) atoms. The number of anilines is 1. The third-order valence-corrected chi connectivity index (χ3v) is 6.00. The first kappa shape index (κ1) is 18.8. The van der Waals surface area contributed by atoms with Crippen LogP contribution in [0.15, 0.2) is 18.3 Å². The predicted octanol–water partition coefficient (Wildman–Crippen LogP) is 1.91. The Bertz CT molecular complexity index is 1040. The first-order valence-corrected chi connectivity index (χ1v) is 10.3. The lowest BCUT2D eigenvalue weighted by atomic mass is 10.2. The lowest BCUT2D eigenvalue weighted by Gasteiger charge is -2.19. The molecule has 3 aromatic heterocycles. The Labute approximate surface area is 166 Å². The van der Waals surface area contributed by atoms with Crippen molar-refractivity contribution in [3.63, 3.8) is 0 Å². The highest BCUT2D eigenvalue weighted by molar-refractivity contribution is 7.99. The Morgan fingerprint density at radius 3 is 2.89 bits per heavy atom. The monoisotopic (exact) mass is 398 g/mol. The van der Waals surface area contributed by atoms with E-state index in [-0.39, 0.29) is 5.82 Å². The fourth-order valence-corrected chi connectivity index (χ4v) is 4.49. The van der Waals surface area contributed by atoms with Gasteiger partial charge in [0, 0.05) is 18.4 Å². The van der Waals surface area contributed by atoms with Crippen molar-refractivity contribution in [2.24, 2.45) is 0 Å². The number of rotatable bonds is 4. The van der Waals surface area contributed by atoms with E-state index in [1.165, 1.54) is 11.8 Å². The highest BCUT2D eigenvalue weighted by atomic mass is 32.2. The molecule has 0 spiro atoms. The molecule has 8 nitrogen and oxygen atoms in total. The molecule has 0 bridgehead atoms. The maximum Gasteiger partial charge on any atom is 0.208 e. The summed E-state index contributed by atoms with van der Waals surface area (Å²) in [5.41, 5.74) is 7.88. The minimum Gasteiger partial charge on any atom is -0.389 e. The van der Waals surface area contributed by atoms with E-state index < -0.39 is 17.6 Å². The van der Waals surface area contributed by atoms with Crippen LogP contribution in [-0.2, 0) is 0 Å². The molecule has 0 saturated carbocycles. The van der Waals surface area contributed by atoms with Gasteiger partial charge in [-0.25, -0.2) is 15.0 Å². The van der Waals surface area contributed by atoms with Crippen molar-refractivity contribution in [3.05, 3.63) is 24.2 Å². The van der Waals surface area contributed by atoms with Crippen molar-refractivity contribution in [2.75, 3.05) is 11.5 Å². The van der Waals surface area contributed by atoms with Crippen LogP contribution in [0.4, 0.5) is 5.82 Å². The van der Waals surface area contributed by atoms with Gasteiger partial charge in [-0.2, -0.15) is 0 Å². The Hall–Kier alpha value is -2.54. The van der Waals surface area contributed by atoms with Gasteiger partial charge in [0.15, 0.2) is 22.8 Å². The Morgan fingerprint density at radius 2 is 2.21 bits per heavy atom. The molecule has 4 heterocycles. The van der Waals surface area contributed by atoms with Crippen molar-refractivity contribution in [2.45, 2.75) is 43.8 Å². The van der Waals surface area contributed by atoms with Gasteiger partial charge < -0.3 is 20.9 Å². The molecular weight excluding hydrogens is 376 g/mol. The molecule has 1 fully saturated rings. The molecule has 3 atom stereocenters. The van der Waals surface area contributed by atoms with Crippen molar-refractivity contribution in [3.8, 4) is 23.4 Å². The van der Waals surface area contributed by atoms with Gasteiger partial charge in [0.05, 0.1) is 11.8 Å². The summed E-state index contributed by atoms with van der Waals surface area (Å²) in [6.45, 7) is 2.11. The smallest absolute Gasteiger partial charge is 0.208 e. The summed E-state index contributed by atoms with van der Waals surface area (Å²) in [6, 6.07) is 3.75. The largest absolute Gasteiger partial charge is 0.389 e. The van der Waals surface area contributed by atoms with Crippen molar-refractivity contribution in [1.82, 2.24) is 24.5 Å². The van der Waals surface area contributed by atoms with Gasteiger partial charge in [0.25, 0.3) is 0 Å². The number of nitrogens with one attached hydrogen (secondary N) is 1. The summed E-state index contributed by atoms with van der Waals surface area (Å²) in [6.07, 6.45) is 2.91. The van der Waals surface area contributed by atoms with E-state index in [0.29, 0.717) is 28.6 Å². The topological polar surface area (TPSA) is 126 Å². The van der Waals surface area contributed by atoms with Gasteiger partial charge in [-0.15, -0.1) is 11.8 Å². The highest BCUT2D eigenvalue weighted by Crippen LogP contribution is 2.41. The number of hydrogen-bond acceptors (Lipinski definition) is 7. The average molecular weight is 398 g/mol. The van der Waals surface area contributed by atoms with E-state index >= 15 is 0 Å². The summed E-state index contributed by atoms with van der Waals surface area (Å²) in [5.74, 6) is 7.64. The van der Waals surface area contributed by atoms with Crippen LogP contribution >= 0.6 is 11.8 Å². The fraction of sp³-hybridized carbons (Fsp3) is 0.421. The minimum absolute atomic E-state index is 0.245. The number of nitrogens with two attached hydrogens (primary N) is 1. The van der Waals surface area contributed by atoms with Crippen LogP contribution in [0.2, 0.25) is 0 Å². The van der Waals surface area contributed by atoms with Crippen LogP contribution in [0.1, 0.15) is 37.4 Å². The number of H-pyrrole nitrogens is 1. The summed E-state index contributed by atoms with van der Waals surface area (Å²) in [5, 5.41) is 20.1. The van der Waals surface area contributed by atoms with Crippen molar-refractivity contribution < 1.29 is 10.2 Å².